The Morgan fingerprint density at radius 2 is 2.14 bits per heavy atom. The number of halogens is 4. The summed E-state index contributed by atoms with van der Waals surface area (Å²) in [7, 11) is 0. The summed E-state index contributed by atoms with van der Waals surface area (Å²) in [5, 5.41) is 9.37. The standard InChI is InChI=1S/C13H10Br2F2NO2.Y/c14-9-3-4-11(18(13(9)20)6-12(16)17)8-2-1-7(19)5-10(8)15;/h1-2,5,9,12,19H,3,6H2;/q-1;. The van der Waals surface area contributed by atoms with E-state index in [-0.39, 0.29) is 38.5 Å². The van der Waals surface area contributed by atoms with E-state index in [2.05, 4.69) is 37.9 Å². The van der Waals surface area contributed by atoms with Crippen LogP contribution in [0.5, 0.6) is 5.75 Å². The number of hydrogen-bond donors (Lipinski definition) is 1. The first-order valence-electron chi connectivity index (χ1n) is 5.73. The molecule has 1 aliphatic rings. The Bertz CT molecular complexity index is 569. The molecule has 0 spiro atoms. The van der Waals surface area contributed by atoms with Crippen molar-refractivity contribution in [3.05, 3.63) is 34.3 Å². The van der Waals surface area contributed by atoms with Crippen LogP contribution in [0.2, 0.25) is 0 Å². The Kier molecular flexibility index (Phi) is 7.44. The fourth-order valence-corrected chi connectivity index (χ4v) is 2.87. The average Bonchev–Trinajstić information content (AvgIpc) is 2.36. The van der Waals surface area contributed by atoms with E-state index in [9.17, 15) is 18.7 Å². The summed E-state index contributed by atoms with van der Waals surface area (Å²) in [5.41, 5.74) is 0.842. The third kappa shape index (κ3) is 4.56. The molecule has 1 radical (unpaired) electrons. The fraction of sp³-hybridized carbons (Fsp3) is 0.308. The van der Waals surface area contributed by atoms with Crippen molar-refractivity contribution in [2.45, 2.75) is 17.7 Å². The molecule has 1 amide bonds. The van der Waals surface area contributed by atoms with Gasteiger partial charge in [0.15, 0.2) is 0 Å². The van der Waals surface area contributed by atoms with Gasteiger partial charge in [-0.15, -0.1) is 17.3 Å². The first kappa shape index (κ1) is 19.2. The first-order chi connectivity index (χ1) is 9.40. The Labute approximate surface area is 162 Å². The topological polar surface area (TPSA) is 40.5 Å². The second-order valence-corrected chi connectivity index (χ2v) is 6.16. The van der Waals surface area contributed by atoms with E-state index in [0.717, 1.165) is 4.90 Å². The van der Waals surface area contributed by atoms with Crippen LogP contribution >= 0.6 is 31.9 Å². The second-order valence-electron chi connectivity index (χ2n) is 4.20. The van der Waals surface area contributed by atoms with Gasteiger partial charge in [-0.25, -0.2) is 14.9 Å². The average molecular weight is 499 g/mol. The van der Waals surface area contributed by atoms with Crippen LogP contribution in [0.3, 0.4) is 0 Å². The number of benzene rings is 1. The predicted molar refractivity (Wildman–Crippen MR) is 77.5 cm³/mol. The van der Waals surface area contributed by atoms with E-state index in [1.54, 1.807) is 6.07 Å². The number of aromatic hydroxyl groups is 1. The molecular weight excluding hydrogens is 489 g/mol. The third-order valence-electron chi connectivity index (χ3n) is 2.78. The quantitative estimate of drug-likeness (QED) is 0.511. The van der Waals surface area contributed by atoms with Gasteiger partial charge in [0.25, 0.3) is 6.43 Å². The molecule has 2 rings (SSSR count). The van der Waals surface area contributed by atoms with Crippen molar-refractivity contribution in [3.8, 4) is 5.75 Å². The molecule has 3 nitrogen and oxygen atoms in total. The first-order valence-corrected chi connectivity index (χ1v) is 7.44. The Balaban J connectivity index is 0.00000220. The summed E-state index contributed by atoms with van der Waals surface area (Å²) in [6, 6.07) is 4.43. The summed E-state index contributed by atoms with van der Waals surface area (Å²) in [5.74, 6) is -0.374. The molecule has 0 saturated carbocycles. The van der Waals surface area contributed by atoms with Crippen LogP contribution in [0.1, 0.15) is 12.0 Å². The van der Waals surface area contributed by atoms with Crippen molar-refractivity contribution in [1.29, 1.82) is 0 Å². The molecule has 0 aromatic heterocycles. The molecule has 1 N–H and O–H groups in total. The van der Waals surface area contributed by atoms with Crippen LogP contribution in [0, 0.1) is 6.08 Å². The van der Waals surface area contributed by atoms with Gasteiger partial charge in [-0.1, -0.05) is 42.8 Å². The molecule has 1 aromatic rings. The van der Waals surface area contributed by atoms with E-state index >= 15 is 0 Å². The summed E-state index contributed by atoms with van der Waals surface area (Å²) < 4.78 is 25.9. The molecule has 21 heavy (non-hydrogen) atoms. The molecule has 1 aliphatic heterocycles. The van der Waals surface area contributed by atoms with Crippen LogP contribution < -0.4 is 0 Å². The van der Waals surface area contributed by atoms with Crippen LogP contribution in [0.15, 0.2) is 22.7 Å². The number of phenolic OH excluding ortho intramolecular Hbond substituents is 1. The molecular formula is C13H10Br2F2NO2Y-. The van der Waals surface area contributed by atoms with Crippen LogP contribution in [-0.4, -0.2) is 33.7 Å². The second kappa shape index (κ2) is 8.13. The maximum atomic E-state index is 12.7. The third-order valence-corrected chi connectivity index (χ3v) is 4.15. The van der Waals surface area contributed by atoms with Crippen molar-refractivity contribution in [2.75, 3.05) is 6.54 Å². The summed E-state index contributed by atoms with van der Waals surface area (Å²) in [6.07, 6.45) is 0.633. The van der Waals surface area contributed by atoms with E-state index in [0.29, 0.717) is 22.2 Å². The maximum Gasteiger partial charge on any atom is 0.256 e. The van der Waals surface area contributed by atoms with Crippen LogP contribution in [-0.2, 0) is 37.5 Å². The maximum absolute atomic E-state index is 12.7. The summed E-state index contributed by atoms with van der Waals surface area (Å²) in [6.45, 7) is -0.684. The van der Waals surface area contributed by atoms with Gasteiger partial charge in [-0.2, -0.15) is 0 Å². The van der Waals surface area contributed by atoms with Gasteiger partial charge in [0.05, 0.1) is 11.4 Å². The van der Waals surface area contributed by atoms with Crippen LogP contribution in [0.25, 0.3) is 5.70 Å². The number of carbonyl (C=O) groups excluding carboxylic acids is 1. The molecule has 8 heteroatoms. The summed E-state index contributed by atoms with van der Waals surface area (Å²) >= 11 is 6.40. The molecule has 1 atom stereocenters. The SMILES string of the molecule is O=C1C(Br)C[C-]=C(c2ccc(O)cc2Br)N1CC(F)F.[Y]. The zero-order valence-electron chi connectivity index (χ0n) is 10.7. The van der Waals surface area contributed by atoms with E-state index in [1.165, 1.54) is 12.1 Å². The molecule has 111 valence electrons. The monoisotopic (exact) mass is 497 g/mol. The van der Waals surface area contributed by atoms with Crippen LogP contribution in [0.4, 0.5) is 8.78 Å². The fourth-order valence-electron chi connectivity index (χ4n) is 1.90. The largest absolute Gasteiger partial charge is 0.508 e. The Hall–Kier alpha value is 0.154. The molecule has 0 saturated heterocycles. The van der Waals surface area contributed by atoms with E-state index in [1.807, 2.05) is 0 Å². The Morgan fingerprint density at radius 3 is 2.71 bits per heavy atom. The normalized spacial score (nSPS) is 18.5. The molecule has 0 fully saturated rings. The minimum absolute atomic E-state index is 0. The van der Waals surface area contributed by atoms with Gasteiger partial charge in [-0.3, -0.25) is 4.79 Å². The van der Waals surface area contributed by atoms with Crippen molar-refractivity contribution >= 4 is 43.5 Å². The smallest absolute Gasteiger partial charge is 0.256 e. The van der Waals surface area contributed by atoms with Gasteiger partial charge < -0.3 is 10.0 Å². The van der Waals surface area contributed by atoms with Crippen molar-refractivity contribution in [1.82, 2.24) is 4.90 Å². The summed E-state index contributed by atoms with van der Waals surface area (Å²) in [4.78, 5) is 12.5. The number of amides is 1. The van der Waals surface area contributed by atoms with Gasteiger partial charge in [-0.05, 0) is 12.1 Å². The number of phenols is 1. The van der Waals surface area contributed by atoms with Gasteiger partial charge >= 0.3 is 0 Å². The minimum Gasteiger partial charge on any atom is -0.508 e. The molecule has 1 aromatic carbocycles. The van der Waals surface area contributed by atoms with Gasteiger partial charge in [0.1, 0.15) is 5.75 Å². The molecule has 0 bridgehead atoms. The molecule has 0 aliphatic carbocycles. The number of nitrogens with zero attached hydrogens (tertiary/aromatic N) is 1. The number of rotatable bonds is 3. The number of carbonyl (C=O) groups is 1. The Morgan fingerprint density at radius 1 is 1.48 bits per heavy atom. The predicted octanol–water partition coefficient (Wildman–Crippen LogP) is 3.56. The van der Waals surface area contributed by atoms with Gasteiger partial charge in [0, 0.05) is 32.7 Å². The molecule has 1 heterocycles. The van der Waals surface area contributed by atoms with E-state index < -0.39 is 23.7 Å². The molecule has 1 unspecified atom stereocenters. The zero-order valence-corrected chi connectivity index (χ0v) is 16.7. The van der Waals surface area contributed by atoms with Crippen molar-refractivity contribution < 1.29 is 51.4 Å². The zero-order chi connectivity index (χ0) is 14.9. The van der Waals surface area contributed by atoms with Crippen molar-refractivity contribution in [3.63, 3.8) is 0 Å². The number of alkyl halides is 3. The van der Waals surface area contributed by atoms with E-state index in [4.69, 9.17) is 0 Å². The van der Waals surface area contributed by atoms with Crippen molar-refractivity contribution in [2.24, 2.45) is 0 Å². The van der Waals surface area contributed by atoms with Gasteiger partial charge in [0.2, 0.25) is 5.91 Å². The number of hydrogen-bond acceptors (Lipinski definition) is 2. The minimum atomic E-state index is -2.63. The number of allylic oxidation sites excluding steroid dienone is 1.